The highest BCUT2D eigenvalue weighted by Gasteiger charge is 2.11. The molecule has 4 nitrogen and oxygen atoms in total. The van der Waals surface area contributed by atoms with Crippen molar-refractivity contribution in [3.63, 3.8) is 0 Å². The molecule has 0 bridgehead atoms. The summed E-state index contributed by atoms with van der Waals surface area (Å²) in [6.45, 7) is 3.70. The van der Waals surface area contributed by atoms with Crippen LogP contribution in [0.2, 0.25) is 0 Å². The van der Waals surface area contributed by atoms with Crippen molar-refractivity contribution in [1.82, 2.24) is 10.2 Å². The van der Waals surface area contributed by atoms with Crippen molar-refractivity contribution in [1.29, 1.82) is 0 Å². The van der Waals surface area contributed by atoms with E-state index in [9.17, 15) is 4.79 Å². The lowest BCUT2D eigenvalue weighted by atomic mass is 10.1. The molecule has 4 heteroatoms. The van der Waals surface area contributed by atoms with Crippen LogP contribution in [0.3, 0.4) is 0 Å². The van der Waals surface area contributed by atoms with Gasteiger partial charge in [0.2, 0.25) is 5.91 Å². The van der Waals surface area contributed by atoms with E-state index in [1.165, 1.54) is 19.3 Å². The van der Waals surface area contributed by atoms with Gasteiger partial charge in [0.15, 0.2) is 0 Å². The van der Waals surface area contributed by atoms with Gasteiger partial charge >= 0.3 is 0 Å². The van der Waals surface area contributed by atoms with E-state index in [0.717, 1.165) is 30.8 Å². The van der Waals surface area contributed by atoms with Crippen LogP contribution in [0.25, 0.3) is 0 Å². The summed E-state index contributed by atoms with van der Waals surface area (Å²) in [5.74, 6) is 0.102. The molecule has 2 rings (SSSR count). The first-order chi connectivity index (χ1) is 9.78. The predicted octanol–water partition coefficient (Wildman–Crippen LogP) is 1.67. The lowest BCUT2D eigenvalue weighted by molar-refractivity contribution is -0.121. The lowest BCUT2D eigenvalue weighted by Gasteiger charge is -2.25. The van der Waals surface area contributed by atoms with Crippen molar-refractivity contribution in [2.75, 3.05) is 19.6 Å². The number of amides is 1. The Morgan fingerprint density at radius 2 is 1.95 bits per heavy atom. The minimum atomic E-state index is 0.0384. The Morgan fingerprint density at radius 1 is 1.20 bits per heavy atom. The highest BCUT2D eigenvalue weighted by molar-refractivity contribution is 5.76. The molecule has 1 aliphatic heterocycles. The Labute approximate surface area is 120 Å². The van der Waals surface area contributed by atoms with Crippen LogP contribution in [0.4, 0.5) is 0 Å². The predicted molar refractivity (Wildman–Crippen MR) is 79.1 cm³/mol. The highest BCUT2D eigenvalue weighted by Crippen LogP contribution is 2.09. The Hall–Kier alpha value is -1.39. The zero-order valence-corrected chi connectivity index (χ0v) is 12.0. The number of benzene rings is 1. The summed E-state index contributed by atoms with van der Waals surface area (Å²) < 4.78 is 0. The van der Waals surface area contributed by atoms with E-state index in [-0.39, 0.29) is 12.5 Å². The number of aliphatic hydroxyl groups is 1. The Balaban J connectivity index is 1.68. The highest BCUT2D eigenvalue weighted by atomic mass is 16.3. The van der Waals surface area contributed by atoms with Crippen molar-refractivity contribution >= 4 is 5.91 Å². The number of hydrogen-bond acceptors (Lipinski definition) is 3. The molecule has 1 saturated heterocycles. The number of nitrogens with zero attached hydrogens (tertiary/aromatic N) is 1. The van der Waals surface area contributed by atoms with E-state index in [0.29, 0.717) is 13.0 Å². The molecule has 0 saturated carbocycles. The number of rotatable bonds is 6. The van der Waals surface area contributed by atoms with E-state index in [4.69, 9.17) is 5.11 Å². The van der Waals surface area contributed by atoms with Gasteiger partial charge in [0.25, 0.3) is 0 Å². The summed E-state index contributed by atoms with van der Waals surface area (Å²) in [6.07, 6.45) is 4.41. The second-order valence-electron chi connectivity index (χ2n) is 5.41. The van der Waals surface area contributed by atoms with E-state index in [1.807, 2.05) is 24.3 Å². The Morgan fingerprint density at radius 3 is 2.70 bits per heavy atom. The van der Waals surface area contributed by atoms with Gasteiger partial charge < -0.3 is 15.3 Å². The fourth-order valence-electron chi connectivity index (χ4n) is 2.57. The van der Waals surface area contributed by atoms with Crippen LogP contribution in [-0.2, 0) is 17.9 Å². The van der Waals surface area contributed by atoms with E-state index >= 15 is 0 Å². The Bertz CT molecular complexity index is 428. The lowest BCUT2D eigenvalue weighted by Crippen LogP contribution is -2.34. The molecular weight excluding hydrogens is 252 g/mol. The molecule has 1 heterocycles. The number of aliphatic hydroxyl groups excluding tert-OH is 1. The first-order valence-corrected chi connectivity index (χ1v) is 7.45. The molecule has 0 radical (unpaired) electrons. The van der Waals surface area contributed by atoms with E-state index in [2.05, 4.69) is 10.2 Å². The summed E-state index contributed by atoms with van der Waals surface area (Å²) in [5, 5.41) is 12.0. The maximum atomic E-state index is 11.8. The average Bonchev–Trinajstić information content (AvgIpc) is 2.52. The van der Waals surface area contributed by atoms with Crippen LogP contribution in [0.1, 0.15) is 36.8 Å². The van der Waals surface area contributed by atoms with Crippen LogP contribution < -0.4 is 5.32 Å². The summed E-state index contributed by atoms with van der Waals surface area (Å²) in [6, 6.07) is 7.66. The molecule has 110 valence electrons. The normalized spacial score (nSPS) is 16.1. The van der Waals surface area contributed by atoms with Crippen molar-refractivity contribution in [3.8, 4) is 0 Å². The van der Waals surface area contributed by atoms with Gasteiger partial charge in [-0.2, -0.15) is 0 Å². The molecule has 1 aromatic rings. The smallest absolute Gasteiger partial charge is 0.221 e. The van der Waals surface area contributed by atoms with Crippen LogP contribution in [-0.4, -0.2) is 35.5 Å². The number of carbonyl (C=O) groups excluding carboxylic acids is 1. The standard InChI is InChI=1S/C16H24N2O2/c19-13-15-6-4-5-14(11-15)12-17-16(20)7-10-18-8-2-1-3-9-18/h4-6,11,19H,1-3,7-10,12-13H2,(H,17,20). The molecule has 0 atom stereocenters. The monoisotopic (exact) mass is 276 g/mol. The van der Waals surface area contributed by atoms with E-state index < -0.39 is 0 Å². The van der Waals surface area contributed by atoms with Gasteiger partial charge in [0.05, 0.1) is 6.61 Å². The van der Waals surface area contributed by atoms with Gasteiger partial charge in [-0.1, -0.05) is 30.7 Å². The van der Waals surface area contributed by atoms with Gasteiger partial charge in [-0.3, -0.25) is 4.79 Å². The summed E-state index contributed by atoms with van der Waals surface area (Å²) in [5.41, 5.74) is 1.91. The van der Waals surface area contributed by atoms with Crippen LogP contribution >= 0.6 is 0 Å². The maximum Gasteiger partial charge on any atom is 0.221 e. The third-order valence-corrected chi connectivity index (χ3v) is 3.77. The van der Waals surface area contributed by atoms with Gasteiger partial charge in [-0.25, -0.2) is 0 Å². The zero-order valence-electron chi connectivity index (χ0n) is 12.0. The second-order valence-corrected chi connectivity index (χ2v) is 5.41. The number of carbonyl (C=O) groups is 1. The third kappa shape index (κ3) is 4.94. The topological polar surface area (TPSA) is 52.6 Å². The minimum Gasteiger partial charge on any atom is -0.392 e. The number of likely N-dealkylation sites (tertiary alicyclic amines) is 1. The molecule has 0 aliphatic carbocycles. The molecular formula is C16H24N2O2. The fourth-order valence-corrected chi connectivity index (χ4v) is 2.57. The molecule has 0 spiro atoms. The van der Waals surface area contributed by atoms with Crippen LogP contribution in [0, 0.1) is 0 Å². The summed E-state index contributed by atoms with van der Waals surface area (Å²) in [4.78, 5) is 14.2. The minimum absolute atomic E-state index is 0.0384. The average molecular weight is 276 g/mol. The molecule has 1 amide bonds. The van der Waals surface area contributed by atoms with Crippen molar-refractivity contribution < 1.29 is 9.90 Å². The quantitative estimate of drug-likeness (QED) is 0.831. The van der Waals surface area contributed by atoms with Crippen LogP contribution in [0.15, 0.2) is 24.3 Å². The van der Waals surface area contributed by atoms with Crippen molar-refractivity contribution in [3.05, 3.63) is 35.4 Å². The van der Waals surface area contributed by atoms with Crippen LogP contribution in [0.5, 0.6) is 0 Å². The molecule has 1 aromatic carbocycles. The van der Waals surface area contributed by atoms with Gasteiger partial charge in [-0.05, 0) is 37.1 Å². The molecule has 0 aromatic heterocycles. The third-order valence-electron chi connectivity index (χ3n) is 3.77. The molecule has 1 aliphatic rings. The number of piperidine rings is 1. The second kappa shape index (κ2) is 8.02. The number of nitrogens with one attached hydrogen (secondary N) is 1. The first-order valence-electron chi connectivity index (χ1n) is 7.45. The van der Waals surface area contributed by atoms with Gasteiger partial charge in [0.1, 0.15) is 0 Å². The van der Waals surface area contributed by atoms with Gasteiger partial charge in [0, 0.05) is 19.5 Å². The number of hydrogen-bond donors (Lipinski definition) is 2. The van der Waals surface area contributed by atoms with Crippen molar-refractivity contribution in [2.24, 2.45) is 0 Å². The molecule has 2 N–H and O–H groups in total. The maximum absolute atomic E-state index is 11.8. The molecule has 20 heavy (non-hydrogen) atoms. The van der Waals surface area contributed by atoms with Gasteiger partial charge in [-0.15, -0.1) is 0 Å². The fraction of sp³-hybridized carbons (Fsp3) is 0.562. The van der Waals surface area contributed by atoms with Crippen molar-refractivity contribution in [2.45, 2.75) is 38.8 Å². The first kappa shape index (κ1) is 15.0. The summed E-state index contributed by atoms with van der Waals surface area (Å²) >= 11 is 0. The Kier molecular flexibility index (Phi) is 6.02. The SMILES string of the molecule is O=C(CCN1CCCCC1)NCc1cccc(CO)c1. The summed E-state index contributed by atoms with van der Waals surface area (Å²) in [7, 11) is 0. The van der Waals surface area contributed by atoms with E-state index in [1.54, 1.807) is 0 Å². The molecule has 1 fully saturated rings. The zero-order chi connectivity index (χ0) is 14.2. The molecule has 0 unspecified atom stereocenters. The largest absolute Gasteiger partial charge is 0.392 e.